The van der Waals surface area contributed by atoms with Crippen LogP contribution < -0.4 is 5.73 Å². The molecule has 0 bridgehead atoms. The summed E-state index contributed by atoms with van der Waals surface area (Å²) in [6.07, 6.45) is 6.28. The van der Waals surface area contributed by atoms with Crippen molar-refractivity contribution in [2.45, 2.75) is 45.4 Å². The lowest BCUT2D eigenvalue weighted by molar-refractivity contribution is 0.419. The molecular weight excluding hydrogens is 348 g/mol. The van der Waals surface area contributed by atoms with Gasteiger partial charge in [-0.25, -0.2) is 0 Å². The van der Waals surface area contributed by atoms with E-state index in [4.69, 9.17) is 10.7 Å². The fraction of sp³-hybridized carbons (Fsp3) is 0.450. The van der Waals surface area contributed by atoms with E-state index in [9.17, 15) is 0 Å². The first-order chi connectivity index (χ1) is 11.1. The number of benzene rings is 1. The summed E-state index contributed by atoms with van der Waals surface area (Å²) in [5.41, 5.74) is 12.8. The van der Waals surface area contributed by atoms with Crippen molar-refractivity contribution >= 4 is 15.9 Å². The number of aromatic nitrogens is 1. The molecule has 1 aromatic carbocycles. The zero-order chi connectivity index (χ0) is 16.4. The van der Waals surface area contributed by atoms with Gasteiger partial charge in [0.15, 0.2) is 0 Å². The number of hydrogen-bond donors (Lipinski definition) is 1. The quantitative estimate of drug-likeness (QED) is 0.839. The number of nitrogens with two attached hydrogens (primary N) is 1. The van der Waals surface area contributed by atoms with E-state index >= 15 is 0 Å². The first-order valence-electron chi connectivity index (χ1n) is 8.57. The van der Waals surface area contributed by atoms with E-state index < -0.39 is 0 Å². The zero-order valence-electron chi connectivity index (χ0n) is 14.0. The largest absolute Gasteiger partial charge is 0.330 e. The number of pyridine rings is 1. The lowest BCUT2D eigenvalue weighted by Gasteiger charge is -2.28. The first kappa shape index (κ1) is 16.7. The summed E-state index contributed by atoms with van der Waals surface area (Å²) in [7, 11) is 0. The van der Waals surface area contributed by atoms with E-state index in [-0.39, 0.29) is 0 Å². The molecule has 3 heteroatoms. The van der Waals surface area contributed by atoms with Crippen molar-refractivity contribution in [3.05, 3.63) is 62.9 Å². The van der Waals surface area contributed by atoms with Crippen molar-refractivity contribution in [2.24, 2.45) is 11.7 Å². The highest BCUT2D eigenvalue weighted by Crippen LogP contribution is 2.41. The fourth-order valence-electron chi connectivity index (χ4n) is 3.94. The topological polar surface area (TPSA) is 38.9 Å². The summed E-state index contributed by atoms with van der Waals surface area (Å²) in [5.74, 6) is 0.914. The third-order valence-electron chi connectivity index (χ3n) is 5.09. The van der Waals surface area contributed by atoms with Gasteiger partial charge in [-0.2, -0.15) is 0 Å². The van der Waals surface area contributed by atoms with Gasteiger partial charge in [-0.3, -0.25) is 4.98 Å². The van der Waals surface area contributed by atoms with Gasteiger partial charge in [0, 0.05) is 16.6 Å². The van der Waals surface area contributed by atoms with Crippen molar-refractivity contribution in [3.63, 3.8) is 0 Å². The van der Waals surface area contributed by atoms with E-state index in [2.05, 4.69) is 54.0 Å². The Morgan fingerprint density at radius 1 is 1.26 bits per heavy atom. The van der Waals surface area contributed by atoms with Gasteiger partial charge in [0.05, 0.1) is 5.69 Å². The normalized spacial score (nSPS) is 18.0. The van der Waals surface area contributed by atoms with Gasteiger partial charge in [-0.15, -0.1) is 0 Å². The Balaban J connectivity index is 2.17. The molecule has 0 spiro atoms. The number of halogens is 1. The molecule has 1 aromatic heterocycles. The molecule has 0 radical (unpaired) electrons. The lowest BCUT2D eigenvalue weighted by atomic mass is 9.78. The maximum atomic E-state index is 5.91. The average molecular weight is 373 g/mol. The predicted octanol–water partition coefficient (Wildman–Crippen LogP) is 4.76. The van der Waals surface area contributed by atoms with Crippen molar-refractivity contribution in [2.75, 3.05) is 6.54 Å². The number of aryl methyl sites for hydroxylation is 3. The fourth-order valence-corrected chi connectivity index (χ4v) is 4.32. The summed E-state index contributed by atoms with van der Waals surface area (Å²) in [6.45, 7) is 5.19. The second-order valence-electron chi connectivity index (χ2n) is 6.62. The third-order valence-corrected chi connectivity index (χ3v) is 5.53. The van der Waals surface area contributed by atoms with Crippen molar-refractivity contribution in [1.82, 2.24) is 4.98 Å². The van der Waals surface area contributed by atoms with E-state index in [0.29, 0.717) is 11.8 Å². The van der Waals surface area contributed by atoms with Crippen LogP contribution >= 0.6 is 15.9 Å². The predicted molar refractivity (Wildman–Crippen MR) is 99.8 cm³/mol. The van der Waals surface area contributed by atoms with E-state index in [1.54, 1.807) is 0 Å². The maximum absolute atomic E-state index is 5.91. The van der Waals surface area contributed by atoms with Crippen LogP contribution in [0.1, 0.15) is 53.6 Å². The SMILES string of the molecule is CCC(CCN)C1c2ccc(C)cc2CCc2cc(Br)cnc21. The average Bonchev–Trinajstić information content (AvgIpc) is 2.69. The van der Waals surface area contributed by atoms with Crippen LogP contribution in [0, 0.1) is 12.8 Å². The van der Waals surface area contributed by atoms with Crippen LogP contribution in [0.5, 0.6) is 0 Å². The summed E-state index contributed by atoms with van der Waals surface area (Å²) < 4.78 is 1.07. The standard InChI is InChI=1S/C20H25BrN2/c1-3-14(8-9-22)19-18-7-4-13(2)10-15(18)5-6-16-11-17(21)12-23-20(16)19/h4,7,10-12,14,19H,3,5-6,8-9,22H2,1-2H3. The van der Waals surface area contributed by atoms with Gasteiger partial charge in [0.1, 0.15) is 0 Å². The second-order valence-corrected chi connectivity index (χ2v) is 7.54. The Kier molecular flexibility index (Phi) is 5.17. The van der Waals surface area contributed by atoms with Gasteiger partial charge in [0.25, 0.3) is 0 Å². The van der Waals surface area contributed by atoms with Crippen molar-refractivity contribution < 1.29 is 0 Å². The van der Waals surface area contributed by atoms with Crippen LogP contribution in [0.3, 0.4) is 0 Å². The van der Waals surface area contributed by atoms with Crippen LogP contribution in [-0.2, 0) is 12.8 Å². The molecule has 0 aliphatic heterocycles. The molecular formula is C20H25BrN2. The molecule has 2 atom stereocenters. The smallest absolute Gasteiger partial charge is 0.0514 e. The number of rotatable bonds is 4. The maximum Gasteiger partial charge on any atom is 0.0514 e. The van der Waals surface area contributed by atoms with Gasteiger partial charge in [-0.1, -0.05) is 37.1 Å². The van der Waals surface area contributed by atoms with E-state index in [1.165, 1.54) is 27.9 Å². The van der Waals surface area contributed by atoms with Gasteiger partial charge >= 0.3 is 0 Å². The highest BCUT2D eigenvalue weighted by atomic mass is 79.9. The number of fused-ring (bicyclic) bond motifs is 2. The first-order valence-corrected chi connectivity index (χ1v) is 9.37. The molecule has 2 nitrogen and oxygen atoms in total. The third kappa shape index (κ3) is 3.36. The van der Waals surface area contributed by atoms with Crippen LogP contribution in [0.4, 0.5) is 0 Å². The minimum absolute atomic E-state index is 0.366. The van der Waals surface area contributed by atoms with E-state index in [0.717, 1.165) is 36.7 Å². The molecule has 2 unspecified atom stereocenters. The van der Waals surface area contributed by atoms with Gasteiger partial charge in [0.2, 0.25) is 0 Å². The zero-order valence-corrected chi connectivity index (χ0v) is 15.6. The highest BCUT2D eigenvalue weighted by molar-refractivity contribution is 9.10. The van der Waals surface area contributed by atoms with Crippen LogP contribution in [0.15, 0.2) is 34.9 Å². The molecule has 1 heterocycles. The number of hydrogen-bond acceptors (Lipinski definition) is 2. The molecule has 23 heavy (non-hydrogen) atoms. The molecule has 0 saturated carbocycles. The number of nitrogens with zero attached hydrogens (tertiary/aromatic N) is 1. The Morgan fingerprint density at radius 3 is 2.78 bits per heavy atom. The summed E-state index contributed by atoms with van der Waals surface area (Å²) in [6, 6.07) is 9.18. The van der Waals surface area contributed by atoms with Crippen LogP contribution in [-0.4, -0.2) is 11.5 Å². The van der Waals surface area contributed by atoms with Crippen molar-refractivity contribution in [3.8, 4) is 0 Å². The van der Waals surface area contributed by atoms with Gasteiger partial charge in [-0.05, 0) is 77.3 Å². The van der Waals surface area contributed by atoms with Crippen LogP contribution in [0.2, 0.25) is 0 Å². The Morgan fingerprint density at radius 2 is 2.04 bits per heavy atom. The Hall–Kier alpha value is -1.19. The molecule has 3 rings (SSSR count). The molecule has 0 saturated heterocycles. The van der Waals surface area contributed by atoms with Crippen LogP contribution in [0.25, 0.3) is 0 Å². The molecule has 0 fully saturated rings. The lowest BCUT2D eigenvalue weighted by Crippen LogP contribution is -2.20. The minimum Gasteiger partial charge on any atom is -0.330 e. The highest BCUT2D eigenvalue weighted by Gasteiger charge is 2.30. The summed E-state index contributed by atoms with van der Waals surface area (Å²) in [5, 5.41) is 0. The molecule has 1 aliphatic rings. The molecule has 2 aromatic rings. The Bertz CT molecular complexity index is 643. The minimum atomic E-state index is 0.366. The van der Waals surface area contributed by atoms with Gasteiger partial charge < -0.3 is 5.73 Å². The summed E-state index contributed by atoms with van der Waals surface area (Å²) >= 11 is 3.58. The molecule has 1 aliphatic carbocycles. The molecule has 0 amide bonds. The summed E-state index contributed by atoms with van der Waals surface area (Å²) in [4.78, 5) is 4.84. The monoisotopic (exact) mass is 372 g/mol. The molecule has 122 valence electrons. The molecule has 2 N–H and O–H groups in total. The second kappa shape index (κ2) is 7.14. The van der Waals surface area contributed by atoms with E-state index in [1.807, 2.05) is 6.20 Å². The Labute approximate surface area is 147 Å². The van der Waals surface area contributed by atoms with Crippen molar-refractivity contribution in [1.29, 1.82) is 0 Å².